The molecule has 4 N–H and O–H groups in total. The molecule has 0 saturated heterocycles. The number of ether oxygens (including phenoxy) is 5. The predicted molar refractivity (Wildman–Crippen MR) is 226 cm³/mol. The van der Waals surface area contributed by atoms with Crippen molar-refractivity contribution in [2.24, 2.45) is 11.5 Å². The molecule has 0 spiro atoms. The minimum absolute atomic E-state index is 0.0554. The van der Waals surface area contributed by atoms with Crippen molar-refractivity contribution in [2.45, 2.75) is 13.2 Å². The van der Waals surface area contributed by atoms with Gasteiger partial charge in [-0.15, -0.1) is 22.7 Å². The van der Waals surface area contributed by atoms with Crippen LogP contribution in [0, 0.1) is 23.3 Å². The number of methoxy groups -OCH3 is 3. The van der Waals surface area contributed by atoms with Gasteiger partial charge in [-0.1, -0.05) is 12.1 Å². The summed E-state index contributed by atoms with van der Waals surface area (Å²) < 4.78 is 83.7. The number of hydrogen-bond acceptors (Lipinski definition) is 11. The number of hydrogen-bond donors (Lipinski definition) is 2. The molecule has 2 heterocycles. The molecule has 0 atom stereocenters. The summed E-state index contributed by atoms with van der Waals surface area (Å²) >= 11 is 6.12. The van der Waals surface area contributed by atoms with Gasteiger partial charge in [-0.05, 0) is 101 Å². The number of nitrogens with zero attached hydrogens (tertiary/aromatic N) is 2. The highest BCUT2D eigenvalue weighted by Gasteiger charge is 2.23. The van der Waals surface area contributed by atoms with E-state index in [0.29, 0.717) is 32.9 Å². The topological polar surface area (TPSA) is 158 Å². The lowest BCUT2D eigenvalue weighted by Gasteiger charge is -2.08. The zero-order valence-electron chi connectivity index (χ0n) is 32.3. The molecule has 314 valence electrons. The fourth-order valence-corrected chi connectivity index (χ4v) is 8.37. The highest BCUT2D eigenvalue weighted by molar-refractivity contribution is 9.11. The molecule has 2 aromatic heterocycles. The van der Waals surface area contributed by atoms with Crippen LogP contribution in [0.5, 0.6) is 28.7 Å². The molecular weight excluding hydrogens is 905 g/mol. The van der Waals surface area contributed by atoms with E-state index in [-0.39, 0.29) is 24.7 Å². The zero-order valence-corrected chi connectivity index (χ0v) is 35.5. The molecule has 18 heteroatoms. The maximum atomic E-state index is 14.6. The first-order chi connectivity index (χ1) is 29.3. The summed E-state index contributed by atoms with van der Waals surface area (Å²) in [6.07, 6.45) is 0. The van der Waals surface area contributed by atoms with Crippen molar-refractivity contribution < 1.29 is 50.8 Å². The number of nitrogens with two attached hydrogens (primary N) is 2. The number of halogens is 5. The molecule has 0 aliphatic heterocycles. The Hall–Kier alpha value is -6.50. The van der Waals surface area contributed by atoms with Crippen LogP contribution in [0.2, 0.25) is 0 Å². The summed E-state index contributed by atoms with van der Waals surface area (Å²) in [6, 6.07) is 26.4. The third kappa shape index (κ3) is 10.1. The van der Waals surface area contributed by atoms with Gasteiger partial charge in [0, 0.05) is 16.7 Å². The van der Waals surface area contributed by atoms with Gasteiger partial charge >= 0.3 is 0 Å². The Morgan fingerprint density at radius 2 is 1.05 bits per heavy atom. The molecule has 11 nitrogen and oxygen atoms in total. The summed E-state index contributed by atoms with van der Waals surface area (Å²) in [5.74, 6) is -5.24. The second-order valence-electron chi connectivity index (χ2n) is 12.4. The average molecular weight is 938 g/mol. The molecular formula is C43H33BrF4N4O7S2. The number of para-hydroxylation sites is 1. The van der Waals surface area contributed by atoms with E-state index in [2.05, 4.69) is 20.9 Å². The molecule has 0 unspecified atom stereocenters. The van der Waals surface area contributed by atoms with E-state index in [0.717, 1.165) is 55.4 Å². The second-order valence-corrected chi connectivity index (χ2v) is 15.9. The van der Waals surface area contributed by atoms with Gasteiger partial charge in [0.15, 0.2) is 23.1 Å². The standard InChI is InChI=1S/C25H20F2N2O4S.C18H13BrF2N2O3S/c1-31-15-9-7-14(8-10-15)23-24(16-5-3-4-6-18(16)32-2)34-20(29-23)13-33-19-12-11-17(26)21(22(19)27)25(28)30;1-25-10-4-2-9(3-5-10)16-17(19)27-13(23-16)8-26-12-7-6-11(20)14(15(12)21)18(22)24/h3-12H,13H2,1-2H3,(H2,28,30);2-7H,8H2,1H3,(H2,22,24). The lowest BCUT2D eigenvalue weighted by Crippen LogP contribution is -2.16. The predicted octanol–water partition coefficient (Wildman–Crippen LogP) is 9.99. The van der Waals surface area contributed by atoms with Gasteiger partial charge in [-0.2, -0.15) is 0 Å². The van der Waals surface area contributed by atoms with Crippen LogP contribution in [0.3, 0.4) is 0 Å². The fraction of sp³-hybridized carbons (Fsp3) is 0.116. The molecule has 0 aliphatic carbocycles. The molecule has 0 radical (unpaired) electrons. The second kappa shape index (κ2) is 19.7. The summed E-state index contributed by atoms with van der Waals surface area (Å²) in [4.78, 5) is 32.6. The van der Waals surface area contributed by atoms with Gasteiger partial charge in [0.1, 0.15) is 63.2 Å². The van der Waals surface area contributed by atoms with Gasteiger partial charge < -0.3 is 35.2 Å². The van der Waals surface area contributed by atoms with Crippen molar-refractivity contribution in [1.29, 1.82) is 0 Å². The Balaban J connectivity index is 0.000000210. The number of benzene rings is 5. The van der Waals surface area contributed by atoms with Crippen molar-refractivity contribution in [3.05, 3.63) is 145 Å². The van der Waals surface area contributed by atoms with Crippen LogP contribution < -0.4 is 35.2 Å². The third-order valence-electron chi connectivity index (χ3n) is 8.69. The minimum atomic E-state index is -1.21. The maximum Gasteiger partial charge on any atom is 0.254 e. The lowest BCUT2D eigenvalue weighted by molar-refractivity contribution is 0.0982. The smallest absolute Gasteiger partial charge is 0.254 e. The van der Waals surface area contributed by atoms with Crippen LogP contribution >= 0.6 is 38.6 Å². The molecule has 7 rings (SSSR count). The summed E-state index contributed by atoms with van der Waals surface area (Å²) in [5.41, 5.74) is 12.4. The van der Waals surface area contributed by atoms with E-state index < -0.39 is 46.2 Å². The third-order valence-corrected chi connectivity index (χ3v) is 11.4. The highest BCUT2D eigenvalue weighted by atomic mass is 79.9. The van der Waals surface area contributed by atoms with Gasteiger partial charge in [-0.3, -0.25) is 9.59 Å². The van der Waals surface area contributed by atoms with Gasteiger partial charge in [0.2, 0.25) is 0 Å². The number of thiazole rings is 2. The Morgan fingerprint density at radius 1 is 0.590 bits per heavy atom. The van der Waals surface area contributed by atoms with Crippen molar-refractivity contribution in [3.63, 3.8) is 0 Å². The number of primary amides is 2. The first-order valence-electron chi connectivity index (χ1n) is 17.7. The largest absolute Gasteiger partial charge is 0.497 e. The van der Waals surface area contributed by atoms with Gasteiger partial charge in [0.05, 0.1) is 41.4 Å². The monoisotopic (exact) mass is 936 g/mol. The van der Waals surface area contributed by atoms with E-state index in [1.165, 1.54) is 22.7 Å². The van der Waals surface area contributed by atoms with Crippen LogP contribution in [0.1, 0.15) is 30.7 Å². The average Bonchev–Trinajstić information content (AvgIpc) is 3.86. The number of rotatable bonds is 14. The lowest BCUT2D eigenvalue weighted by atomic mass is 10.1. The van der Waals surface area contributed by atoms with Crippen LogP contribution in [0.25, 0.3) is 33.0 Å². The molecule has 0 saturated carbocycles. The first kappa shape index (κ1) is 44.1. The summed E-state index contributed by atoms with van der Waals surface area (Å²) in [6.45, 7) is -0.163. The van der Waals surface area contributed by atoms with Crippen LogP contribution in [0.15, 0.2) is 101 Å². The Bertz CT molecular complexity index is 2700. The molecule has 7 aromatic rings. The number of carbonyl (C=O) groups excluding carboxylic acids is 2. The highest BCUT2D eigenvalue weighted by Crippen LogP contribution is 2.42. The van der Waals surface area contributed by atoms with Crippen LogP contribution in [0.4, 0.5) is 17.6 Å². The van der Waals surface area contributed by atoms with Crippen LogP contribution in [-0.2, 0) is 13.2 Å². The van der Waals surface area contributed by atoms with E-state index in [4.69, 9.17) is 40.1 Å². The van der Waals surface area contributed by atoms with E-state index in [1.807, 2.05) is 72.8 Å². The molecule has 0 bridgehead atoms. The van der Waals surface area contributed by atoms with Crippen molar-refractivity contribution >= 4 is 50.4 Å². The molecule has 5 aromatic carbocycles. The number of amides is 2. The quantitative estimate of drug-likeness (QED) is 0.101. The zero-order chi connectivity index (χ0) is 43.8. The van der Waals surface area contributed by atoms with Crippen molar-refractivity contribution in [3.8, 4) is 61.7 Å². The van der Waals surface area contributed by atoms with Crippen LogP contribution in [-0.4, -0.2) is 43.1 Å². The number of aromatic nitrogens is 2. The van der Waals surface area contributed by atoms with Crippen molar-refractivity contribution in [1.82, 2.24) is 9.97 Å². The Kier molecular flexibility index (Phi) is 14.2. The van der Waals surface area contributed by atoms with E-state index >= 15 is 0 Å². The fourth-order valence-electron chi connectivity index (χ4n) is 5.74. The molecule has 0 fully saturated rings. The number of carbonyl (C=O) groups is 2. The van der Waals surface area contributed by atoms with E-state index in [9.17, 15) is 27.2 Å². The normalized spacial score (nSPS) is 10.7. The first-order valence-corrected chi connectivity index (χ1v) is 20.1. The Labute approximate surface area is 362 Å². The van der Waals surface area contributed by atoms with Crippen molar-refractivity contribution in [2.75, 3.05) is 21.3 Å². The van der Waals surface area contributed by atoms with Gasteiger partial charge in [0.25, 0.3) is 11.8 Å². The molecule has 0 aliphatic rings. The summed E-state index contributed by atoms with van der Waals surface area (Å²) in [7, 11) is 4.76. The van der Waals surface area contributed by atoms with Gasteiger partial charge in [-0.25, -0.2) is 27.5 Å². The minimum Gasteiger partial charge on any atom is -0.497 e. The Morgan fingerprint density at radius 3 is 1.52 bits per heavy atom. The summed E-state index contributed by atoms with van der Waals surface area (Å²) in [5, 5.41) is 1.10. The van der Waals surface area contributed by atoms with E-state index in [1.54, 1.807) is 21.3 Å². The molecule has 2 amide bonds. The SMILES string of the molecule is COc1ccc(-c2nc(COc3ccc(F)c(C(N)=O)c3F)sc2-c2ccccc2OC)cc1.COc1ccc(-c2nc(COc3ccc(F)c(C(N)=O)c3F)sc2Br)cc1. The maximum absolute atomic E-state index is 14.6. The molecule has 61 heavy (non-hydrogen) atoms.